The van der Waals surface area contributed by atoms with Crippen molar-refractivity contribution in [1.29, 1.82) is 5.26 Å². The maximum Gasteiger partial charge on any atom is 0.109 e. The Balaban J connectivity index is 2.35. The SMILES string of the molecule is CCCN1CCC(C#N)(NCCN(CC)CC)CC1. The zero-order chi connectivity index (χ0) is 14.1. The topological polar surface area (TPSA) is 42.3 Å². The number of hydrogen-bond acceptors (Lipinski definition) is 4. The molecule has 1 rings (SSSR count). The van der Waals surface area contributed by atoms with Crippen LogP contribution in [0.1, 0.15) is 40.0 Å². The molecule has 1 aliphatic heterocycles. The van der Waals surface area contributed by atoms with E-state index in [-0.39, 0.29) is 5.54 Å². The van der Waals surface area contributed by atoms with Gasteiger partial charge in [-0.25, -0.2) is 0 Å². The monoisotopic (exact) mass is 266 g/mol. The molecule has 0 radical (unpaired) electrons. The Morgan fingerprint density at radius 1 is 1.21 bits per heavy atom. The van der Waals surface area contributed by atoms with Crippen molar-refractivity contribution in [1.82, 2.24) is 15.1 Å². The van der Waals surface area contributed by atoms with Crippen molar-refractivity contribution in [3.63, 3.8) is 0 Å². The molecule has 1 aliphatic rings. The summed E-state index contributed by atoms with van der Waals surface area (Å²) in [5.41, 5.74) is -0.280. The molecule has 4 heteroatoms. The van der Waals surface area contributed by atoms with Crippen LogP contribution < -0.4 is 5.32 Å². The minimum Gasteiger partial charge on any atom is -0.303 e. The summed E-state index contributed by atoms with van der Waals surface area (Å²) in [6, 6.07) is 2.53. The molecular weight excluding hydrogens is 236 g/mol. The highest BCUT2D eigenvalue weighted by Crippen LogP contribution is 2.21. The normalized spacial score (nSPS) is 19.5. The van der Waals surface area contributed by atoms with Crippen LogP contribution in [0, 0.1) is 11.3 Å². The molecule has 0 bridgehead atoms. The standard InChI is InChI=1S/C15H30N4/c1-4-10-19-11-7-15(14-16,8-12-19)17-9-13-18(5-2)6-3/h17H,4-13H2,1-3H3. The molecule has 1 fully saturated rings. The first-order valence-corrected chi connectivity index (χ1v) is 7.80. The highest BCUT2D eigenvalue weighted by Gasteiger charge is 2.33. The Hall–Kier alpha value is -0.630. The molecule has 0 aliphatic carbocycles. The average molecular weight is 266 g/mol. The second-order valence-corrected chi connectivity index (χ2v) is 5.49. The molecule has 1 saturated heterocycles. The van der Waals surface area contributed by atoms with Crippen molar-refractivity contribution < 1.29 is 0 Å². The molecule has 0 spiro atoms. The van der Waals surface area contributed by atoms with Crippen LogP contribution in [0.15, 0.2) is 0 Å². The molecular formula is C15H30N4. The first kappa shape index (κ1) is 16.4. The van der Waals surface area contributed by atoms with Crippen LogP contribution >= 0.6 is 0 Å². The van der Waals surface area contributed by atoms with Crippen LogP contribution in [0.2, 0.25) is 0 Å². The lowest BCUT2D eigenvalue weighted by atomic mass is 9.89. The average Bonchev–Trinajstić information content (AvgIpc) is 2.46. The Morgan fingerprint density at radius 2 is 1.84 bits per heavy atom. The van der Waals surface area contributed by atoms with Gasteiger partial charge in [0.25, 0.3) is 0 Å². The molecule has 0 saturated carbocycles. The van der Waals surface area contributed by atoms with Crippen LogP contribution in [0.25, 0.3) is 0 Å². The molecule has 0 amide bonds. The lowest BCUT2D eigenvalue weighted by Gasteiger charge is -2.38. The minimum absolute atomic E-state index is 0.280. The summed E-state index contributed by atoms with van der Waals surface area (Å²) in [4.78, 5) is 4.87. The van der Waals surface area contributed by atoms with E-state index in [2.05, 4.69) is 42.0 Å². The van der Waals surface area contributed by atoms with Gasteiger partial charge in [-0.15, -0.1) is 0 Å². The van der Waals surface area contributed by atoms with Gasteiger partial charge in [-0.05, 0) is 38.9 Å². The van der Waals surface area contributed by atoms with Crippen molar-refractivity contribution >= 4 is 0 Å². The maximum atomic E-state index is 9.49. The predicted molar refractivity (Wildman–Crippen MR) is 80.1 cm³/mol. The first-order valence-electron chi connectivity index (χ1n) is 7.80. The Kier molecular flexibility index (Phi) is 7.37. The summed E-state index contributed by atoms with van der Waals surface area (Å²) in [7, 11) is 0. The Morgan fingerprint density at radius 3 is 2.32 bits per heavy atom. The zero-order valence-corrected chi connectivity index (χ0v) is 12.9. The molecule has 0 aromatic rings. The lowest BCUT2D eigenvalue weighted by molar-refractivity contribution is 0.163. The number of nitriles is 1. The van der Waals surface area contributed by atoms with Crippen LogP contribution in [0.5, 0.6) is 0 Å². The van der Waals surface area contributed by atoms with Crippen molar-refractivity contribution in [2.75, 3.05) is 45.8 Å². The molecule has 19 heavy (non-hydrogen) atoms. The van der Waals surface area contributed by atoms with Crippen molar-refractivity contribution in [2.24, 2.45) is 0 Å². The molecule has 0 unspecified atom stereocenters. The number of rotatable bonds is 8. The third-order valence-electron chi connectivity index (χ3n) is 4.25. The van der Waals surface area contributed by atoms with E-state index < -0.39 is 0 Å². The van der Waals surface area contributed by atoms with Crippen LogP contribution in [0.4, 0.5) is 0 Å². The maximum absolute atomic E-state index is 9.49. The van der Waals surface area contributed by atoms with Crippen LogP contribution in [-0.2, 0) is 0 Å². The van der Waals surface area contributed by atoms with E-state index >= 15 is 0 Å². The van der Waals surface area contributed by atoms with Crippen molar-refractivity contribution in [3.05, 3.63) is 0 Å². The second kappa shape index (κ2) is 8.52. The summed E-state index contributed by atoms with van der Waals surface area (Å²) < 4.78 is 0. The number of piperidine rings is 1. The van der Waals surface area contributed by atoms with Gasteiger partial charge >= 0.3 is 0 Å². The Bertz CT molecular complexity index is 272. The molecule has 4 nitrogen and oxygen atoms in total. The van der Waals surface area contributed by atoms with Gasteiger partial charge in [0.2, 0.25) is 0 Å². The quantitative estimate of drug-likeness (QED) is 0.726. The third kappa shape index (κ3) is 5.10. The number of hydrogen-bond donors (Lipinski definition) is 1. The Labute approximate surface area is 118 Å². The van der Waals surface area contributed by atoms with Gasteiger partial charge < -0.3 is 9.80 Å². The fourth-order valence-electron chi connectivity index (χ4n) is 2.80. The molecule has 1 N–H and O–H groups in total. The fraction of sp³-hybridized carbons (Fsp3) is 0.933. The second-order valence-electron chi connectivity index (χ2n) is 5.49. The molecule has 0 atom stereocenters. The van der Waals surface area contributed by atoms with E-state index in [1.54, 1.807) is 0 Å². The predicted octanol–water partition coefficient (Wildman–Crippen LogP) is 1.69. The molecule has 0 aromatic heterocycles. The summed E-state index contributed by atoms with van der Waals surface area (Å²) in [6.07, 6.45) is 3.12. The molecule has 1 heterocycles. The van der Waals surface area contributed by atoms with Gasteiger partial charge in [0.15, 0.2) is 0 Å². The number of nitrogens with zero attached hydrogens (tertiary/aromatic N) is 3. The van der Waals surface area contributed by atoms with Crippen molar-refractivity contribution in [2.45, 2.75) is 45.6 Å². The number of likely N-dealkylation sites (tertiary alicyclic amines) is 1. The van der Waals surface area contributed by atoms with Gasteiger partial charge in [-0.2, -0.15) is 5.26 Å². The van der Waals surface area contributed by atoms with E-state index in [9.17, 15) is 5.26 Å². The number of likely N-dealkylation sites (N-methyl/N-ethyl adjacent to an activating group) is 1. The van der Waals surface area contributed by atoms with Gasteiger partial charge in [-0.3, -0.25) is 5.32 Å². The van der Waals surface area contributed by atoms with Gasteiger partial charge in [0.05, 0.1) is 6.07 Å². The van der Waals surface area contributed by atoms with Gasteiger partial charge in [-0.1, -0.05) is 20.8 Å². The lowest BCUT2D eigenvalue weighted by Crippen LogP contribution is -2.54. The summed E-state index contributed by atoms with van der Waals surface area (Å²) in [5.74, 6) is 0. The van der Waals surface area contributed by atoms with Gasteiger partial charge in [0, 0.05) is 26.2 Å². The van der Waals surface area contributed by atoms with E-state index in [4.69, 9.17) is 0 Å². The highest BCUT2D eigenvalue weighted by molar-refractivity contribution is 5.09. The minimum atomic E-state index is -0.280. The van der Waals surface area contributed by atoms with Crippen LogP contribution in [-0.4, -0.2) is 61.2 Å². The fourth-order valence-corrected chi connectivity index (χ4v) is 2.80. The number of nitrogens with one attached hydrogen (secondary N) is 1. The molecule has 110 valence electrons. The first-order chi connectivity index (χ1) is 9.19. The smallest absolute Gasteiger partial charge is 0.109 e. The molecule has 0 aromatic carbocycles. The van der Waals surface area contributed by atoms with Crippen molar-refractivity contribution in [3.8, 4) is 6.07 Å². The summed E-state index contributed by atoms with van der Waals surface area (Å²) in [5, 5.41) is 13.0. The van der Waals surface area contributed by atoms with Crippen LogP contribution in [0.3, 0.4) is 0 Å². The van der Waals surface area contributed by atoms with Gasteiger partial charge in [0.1, 0.15) is 5.54 Å². The summed E-state index contributed by atoms with van der Waals surface area (Å²) >= 11 is 0. The van der Waals surface area contributed by atoms with E-state index in [1.807, 2.05) is 0 Å². The third-order valence-corrected chi connectivity index (χ3v) is 4.25. The van der Waals surface area contributed by atoms with E-state index in [0.29, 0.717) is 0 Å². The highest BCUT2D eigenvalue weighted by atomic mass is 15.2. The zero-order valence-electron chi connectivity index (χ0n) is 12.9. The van der Waals surface area contributed by atoms with E-state index in [0.717, 1.165) is 52.1 Å². The summed E-state index contributed by atoms with van der Waals surface area (Å²) in [6.45, 7) is 14.0. The largest absolute Gasteiger partial charge is 0.303 e. The van der Waals surface area contributed by atoms with E-state index in [1.165, 1.54) is 13.0 Å².